The largest absolute Gasteiger partial charge is 0.573 e. The van der Waals surface area contributed by atoms with Crippen molar-refractivity contribution >= 4 is 26.2 Å². The summed E-state index contributed by atoms with van der Waals surface area (Å²) >= 11 is 0. The van der Waals surface area contributed by atoms with Crippen LogP contribution in [-0.2, 0) is 31.6 Å². The highest BCUT2D eigenvalue weighted by Gasteiger charge is 2.43. The lowest BCUT2D eigenvalue weighted by molar-refractivity contribution is -0.274. The van der Waals surface area contributed by atoms with Gasteiger partial charge in [-0.15, -0.1) is 13.2 Å². The third-order valence-corrected chi connectivity index (χ3v) is 15.8. The topological polar surface area (TPSA) is 118 Å². The quantitative estimate of drug-likeness (QED) is 0.129. The van der Waals surface area contributed by atoms with Gasteiger partial charge in [-0.3, -0.25) is 9.59 Å². The molecular formula is C44H69F3N4O6Si. The number of nitrogens with zero attached hydrogens (tertiary/aromatic N) is 1. The minimum atomic E-state index is -4.85. The van der Waals surface area contributed by atoms with E-state index in [-0.39, 0.29) is 41.4 Å². The Balaban J connectivity index is 2.10. The molecule has 1 aliphatic heterocycles. The number of likely N-dealkylation sites (tertiary alicyclic amines) is 1. The maximum Gasteiger partial charge on any atom is 0.573 e. The Hall–Kier alpha value is -3.62. The van der Waals surface area contributed by atoms with Crippen molar-refractivity contribution < 1.29 is 41.5 Å². The highest BCUT2D eigenvalue weighted by molar-refractivity contribution is 6.74. The molecule has 5 atom stereocenters. The molecule has 0 aromatic heterocycles. The first-order valence-electron chi connectivity index (χ1n) is 20.8. The van der Waals surface area contributed by atoms with Gasteiger partial charge in [0.1, 0.15) is 17.4 Å². The van der Waals surface area contributed by atoms with Crippen molar-refractivity contribution in [2.45, 2.75) is 155 Å². The molecule has 1 heterocycles. The van der Waals surface area contributed by atoms with Crippen molar-refractivity contribution in [3.05, 3.63) is 65.7 Å². The van der Waals surface area contributed by atoms with Crippen molar-refractivity contribution in [1.29, 1.82) is 0 Å². The van der Waals surface area contributed by atoms with Crippen LogP contribution >= 0.6 is 0 Å². The van der Waals surface area contributed by atoms with Crippen LogP contribution in [-0.4, -0.2) is 87.0 Å². The van der Waals surface area contributed by atoms with Crippen LogP contribution in [0.4, 0.5) is 18.0 Å². The third kappa shape index (κ3) is 15.9. The molecule has 3 rings (SSSR count). The summed E-state index contributed by atoms with van der Waals surface area (Å²) in [6, 6.07) is 14.0. The molecule has 3 amide bonds. The molecule has 1 fully saturated rings. The number of carbonyl (C=O) groups excluding carboxylic acids is 3. The molecule has 10 nitrogen and oxygen atoms in total. The molecule has 2 aromatic rings. The Labute approximate surface area is 345 Å². The summed E-state index contributed by atoms with van der Waals surface area (Å²) in [7, 11) is -2.59. The van der Waals surface area contributed by atoms with E-state index in [0.29, 0.717) is 37.5 Å². The van der Waals surface area contributed by atoms with E-state index in [2.05, 4.69) is 61.5 Å². The van der Waals surface area contributed by atoms with Crippen LogP contribution in [0.2, 0.25) is 18.1 Å². The van der Waals surface area contributed by atoms with Gasteiger partial charge in [-0.05, 0) is 107 Å². The zero-order chi connectivity index (χ0) is 43.5. The summed E-state index contributed by atoms with van der Waals surface area (Å²) in [4.78, 5) is 44.4. The highest BCUT2D eigenvalue weighted by Crippen LogP contribution is 2.39. The fraction of sp³-hybridized carbons (Fsp3) is 0.659. The second-order valence-corrected chi connectivity index (χ2v) is 23.0. The molecule has 326 valence electrons. The van der Waals surface area contributed by atoms with Gasteiger partial charge in [-0.1, -0.05) is 90.4 Å². The SMILES string of the molecule is CCNC1CCN(C(=O)C(NC(=O)C(Cc2ccc(OC(F)(F)F)cc2)CC(O[Si](C)(C)C(C)(C)C)C(Cc2ccccc2)NC(=O)OC(C)(C)C)C(C)CC)CC1. The first-order chi connectivity index (χ1) is 26.9. The van der Waals surface area contributed by atoms with E-state index < -0.39 is 50.5 Å². The van der Waals surface area contributed by atoms with Gasteiger partial charge in [0, 0.05) is 25.0 Å². The van der Waals surface area contributed by atoms with Crippen molar-refractivity contribution in [3.63, 3.8) is 0 Å². The highest BCUT2D eigenvalue weighted by atomic mass is 28.4. The number of rotatable bonds is 18. The summed E-state index contributed by atoms with van der Waals surface area (Å²) in [5, 5.41) is 9.46. The molecule has 0 radical (unpaired) electrons. The van der Waals surface area contributed by atoms with Gasteiger partial charge >= 0.3 is 12.5 Å². The van der Waals surface area contributed by atoms with Crippen molar-refractivity contribution in [3.8, 4) is 5.75 Å². The average Bonchev–Trinajstić information content (AvgIpc) is 3.12. The van der Waals surface area contributed by atoms with Gasteiger partial charge in [0.15, 0.2) is 8.32 Å². The number of piperidine rings is 1. The number of hydrogen-bond donors (Lipinski definition) is 3. The lowest BCUT2D eigenvalue weighted by Crippen LogP contribution is -2.57. The summed E-state index contributed by atoms with van der Waals surface area (Å²) in [6.07, 6.45) is -3.29. The molecule has 3 N–H and O–H groups in total. The van der Waals surface area contributed by atoms with Crippen molar-refractivity contribution in [2.75, 3.05) is 19.6 Å². The van der Waals surface area contributed by atoms with Crippen LogP contribution in [0.3, 0.4) is 0 Å². The number of carbonyl (C=O) groups is 3. The fourth-order valence-corrected chi connectivity index (χ4v) is 8.24. The molecule has 0 bridgehead atoms. The Bertz CT molecular complexity index is 1590. The number of amides is 3. The van der Waals surface area contributed by atoms with Crippen LogP contribution in [0.5, 0.6) is 5.75 Å². The van der Waals surface area contributed by atoms with Gasteiger partial charge in [0.2, 0.25) is 11.8 Å². The second-order valence-electron chi connectivity index (χ2n) is 18.2. The van der Waals surface area contributed by atoms with E-state index in [4.69, 9.17) is 9.16 Å². The predicted octanol–water partition coefficient (Wildman–Crippen LogP) is 8.79. The van der Waals surface area contributed by atoms with Crippen molar-refractivity contribution in [2.24, 2.45) is 11.8 Å². The van der Waals surface area contributed by atoms with Crippen LogP contribution in [0.25, 0.3) is 0 Å². The maximum atomic E-state index is 14.8. The van der Waals surface area contributed by atoms with E-state index in [1.807, 2.05) is 49.1 Å². The summed E-state index contributed by atoms with van der Waals surface area (Å²) in [5.41, 5.74) is 0.757. The zero-order valence-electron chi connectivity index (χ0n) is 36.6. The Morgan fingerprint density at radius 1 is 0.862 bits per heavy atom. The van der Waals surface area contributed by atoms with Crippen LogP contribution in [0, 0.1) is 11.8 Å². The third-order valence-electron chi connectivity index (χ3n) is 11.3. The molecule has 0 spiro atoms. The summed E-state index contributed by atoms with van der Waals surface area (Å²) < 4.78 is 56.2. The molecule has 14 heteroatoms. The number of nitrogens with one attached hydrogen (secondary N) is 3. The lowest BCUT2D eigenvalue weighted by atomic mass is 9.87. The molecule has 2 aromatic carbocycles. The minimum absolute atomic E-state index is 0.121. The normalized spacial score (nSPS) is 17.1. The molecule has 1 aliphatic rings. The second kappa shape index (κ2) is 21.1. The van der Waals surface area contributed by atoms with Crippen LogP contribution < -0.4 is 20.7 Å². The van der Waals surface area contributed by atoms with E-state index >= 15 is 0 Å². The Morgan fingerprint density at radius 3 is 1.97 bits per heavy atom. The molecule has 58 heavy (non-hydrogen) atoms. The van der Waals surface area contributed by atoms with Gasteiger partial charge in [0.05, 0.1) is 12.1 Å². The van der Waals surface area contributed by atoms with E-state index in [0.717, 1.165) is 24.9 Å². The van der Waals surface area contributed by atoms with E-state index in [9.17, 15) is 27.6 Å². The van der Waals surface area contributed by atoms with Crippen LogP contribution in [0.15, 0.2) is 54.6 Å². The molecule has 1 saturated heterocycles. The number of alkyl carbamates (subject to hydrolysis) is 1. The van der Waals surface area contributed by atoms with E-state index in [1.165, 1.54) is 24.3 Å². The van der Waals surface area contributed by atoms with Crippen molar-refractivity contribution in [1.82, 2.24) is 20.9 Å². The number of hydrogen-bond acceptors (Lipinski definition) is 7. The number of benzene rings is 2. The molecular weight excluding hydrogens is 766 g/mol. The standard InChI is InChI=1S/C44H69F3N4O6Si/c1-12-30(3)38(40(53)51-25-23-34(24-26-51)48-13-2)50-39(52)33(27-32-19-21-35(22-20-32)55-44(45,46)47)29-37(57-58(10,11)43(7,8)9)36(28-31-17-15-14-16-18-31)49-41(54)56-42(4,5)6/h14-22,30,33-34,36-38,48H,12-13,23-29H2,1-11H3,(H,49,54)(H,50,52). The first-order valence-corrected chi connectivity index (χ1v) is 23.7. The summed E-state index contributed by atoms with van der Waals surface area (Å²) in [6.45, 7) is 23.9. The predicted molar refractivity (Wildman–Crippen MR) is 225 cm³/mol. The zero-order valence-corrected chi connectivity index (χ0v) is 37.6. The first kappa shape index (κ1) is 48.7. The Morgan fingerprint density at radius 2 is 1.45 bits per heavy atom. The maximum absolute atomic E-state index is 14.8. The van der Waals surface area contributed by atoms with E-state index in [1.54, 1.807) is 20.8 Å². The Kier molecular flexibility index (Phi) is 17.7. The molecule has 0 saturated carbocycles. The molecule has 0 aliphatic carbocycles. The fourth-order valence-electron chi connectivity index (χ4n) is 6.87. The van der Waals surface area contributed by atoms with Gasteiger partial charge in [0.25, 0.3) is 0 Å². The number of alkyl halides is 3. The average molecular weight is 835 g/mol. The van der Waals surface area contributed by atoms with Gasteiger partial charge in [-0.25, -0.2) is 4.79 Å². The molecule has 5 unspecified atom stereocenters. The minimum Gasteiger partial charge on any atom is -0.444 e. The monoisotopic (exact) mass is 834 g/mol. The lowest BCUT2D eigenvalue weighted by Gasteiger charge is -2.42. The van der Waals surface area contributed by atoms with Gasteiger partial charge in [-0.2, -0.15) is 0 Å². The number of ether oxygens (including phenoxy) is 2. The number of halogens is 3. The van der Waals surface area contributed by atoms with Gasteiger partial charge < -0.3 is 34.8 Å². The smallest absolute Gasteiger partial charge is 0.444 e. The van der Waals surface area contributed by atoms with Crippen LogP contribution in [0.1, 0.15) is 99.1 Å². The summed E-state index contributed by atoms with van der Waals surface area (Å²) in [5.74, 6) is -1.88.